The third kappa shape index (κ3) is 1.84. The molecule has 0 unspecified atom stereocenters. The van der Waals surface area contributed by atoms with E-state index in [0.29, 0.717) is 6.61 Å². The van der Waals surface area contributed by atoms with Gasteiger partial charge in [0, 0.05) is 4.47 Å². The molecule has 0 aliphatic carbocycles. The lowest BCUT2D eigenvalue weighted by atomic mass is 10.3. The average molecular weight is 258 g/mol. The number of rotatable bonds is 2. The Balaban J connectivity index is 2.49. The van der Waals surface area contributed by atoms with Crippen LogP contribution in [0.2, 0.25) is 0 Å². The largest absolute Gasteiger partial charge is 0.470 e. The molecule has 0 spiro atoms. The van der Waals surface area contributed by atoms with Crippen LogP contribution in [0.4, 0.5) is 0 Å². The Morgan fingerprint density at radius 1 is 1.54 bits per heavy atom. The Morgan fingerprint density at radius 3 is 3.15 bits per heavy atom. The van der Waals surface area contributed by atoms with Gasteiger partial charge in [0.2, 0.25) is 0 Å². The fourth-order valence-corrected chi connectivity index (χ4v) is 2.49. The van der Waals surface area contributed by atoms with Crippen molar-refractivity contribution < 1.29 is 4.74 Å². The minimum absolute atomic E-state index is 0.668. The van der Waals surface area contributed by atoms with Crippen molar-refractivity contribution in [3.8, 4) is 5.19 Å². The van der Waals surface area contributed by atoms with Gasteiger partial charge < -0.3 is 4.74 Å². The molecule has 0 fully saturated rings. The summed E-state index contributed by atoms with van der Waals surface area (Å²) in [4.78, 5) is 4.32. The van der Waals surface area contributed by atoms with Crippen LogP contribution in [0.5, 0.6) is 5.19 Å². The van der Waals surface area contributed by atoms with Crippen molar-refractivity contribution in [2.45, 2.75) is 6.92 Å². The Labute approximate surface area is 88.7 Å². The number of fused-ring (bicyclic) bond motifs is 1. The second-order valence-electron chi connectivity index (χ2n) is 2.52. The van der Waals surface area contributed by atoms with Gasteiger partial charge in [-0.05, 0) is 25.1 Å². The zero-order valence-electron chi connectivity index (χ0n) is 7.08. The second kappa shape index (κ2) is 3.64. The number of hydrogen-bond donors (Lipinski definition) is 0. The van der Waals surface area contributed by atoms with Crippen LogP contribution in [0.25, 0.3) is 10.2 Å². The van der Waals surface area contributed by atoms with Gasteiger partial charge in [-0.25, -0.2) is 4.98 Å². The summed E-state index contributed by atoms with van der Waals surface area (Å²) in [5.74, 6) is 0. The fourth-order valence-electron chi connectivity index (χ4n) is 1.06. The number of benzene rings is 1. The predicted octanol–water partition coefficient (Wildman–Crippen LogP) is 3.46. The first kappa shape index (κ1) is 8.97. The van der Waals surface area contributed by atoms with Gasteiger partial charge in [-0.1, -0.05) is 27.3 Å². The van der Waals surface area contributed by atoms with Crippen LogP contribution in [0.1, 0.15) is 6.92 Å². The van der Waals surface area contributed by atoms with Crippen LogP contribution in [0.15, 0.2) is 22.7 Å². The van der Waals surface area contributed by atoms with Crippen LogP contribution in [0, 0.1) is 0 Å². The van der Waals surface area contributed by atoms with Gasteiger partial charge in [0.15, 0.2) is 0 Å². The van der Waals surface area contributed by atoms with Crippen molar-refractivity contribution in [2.75, 3.05) is 6.61 Å². The van der Waals surface area contributed by atoms with E-state index in [-0.39, 0.29) is 0 Å². The minimum atomic E-state index is 0.668. The van der Waals surface area contributed by atoms with E-state index in [1.165, 1.54) is 0 Å². The van der Waals surface area contributed by atoms with Crippen molar-refractivity contribution in [1.29, 1.82) is 0 Å². The molecule has 0 bridgehead atoms. The lowest BCUT2D eigenvalue weighted by molar-refractivity contribution is 0.339. The molecule has 1 aromatic carbocycles. The molecular formula is C9H8BrNOS. The third-order valence-electron chi connectivity index (χ3n) is 1.60. The van der Waals surface area contributed by atoms with E-state index in [2.05, 4.69) is 27.0 Å². The molecule has 4 heteroatoms. The molecule has 13 heavy (non-hydrogen) atoms. The van der Waals surface area contributed by atoms with E-state index in [4.69, 9.17) is 4.74 Å². The maximum atomic E-state index is 5.32. The first-order valence-corrected chi connectivity index (χ1v) is 5.59. The third-order valence-corrected chi connectivity index (χ3v) is 3.02. The predicted molar refractivity (Wildman–Crippen MR) is 58.5 cm³/mol. The Kier molecular flexibility index (Phi) is 2.51. The Hall–Kier alpha value is -0.610. The highest BCUT2D eigenvalue weighted by molar-refractivity contribution is 9.10. The van der Waals surface area contributed by atoms with Gasteiger partial charge in [-0.3, -0.25) is 0 Å². The van der Waals surface area contributed by atoms with Gasteiger partial charge in [0.1, 0.15) is 0 Å². The van der Waals surface area contributed by atoms with Crippen LogP contribution in [-0.2, 0) is 0 Å². The number of nitrogens with zero attached hydrogens (tertiary/aromatic N) is 1. The number of hydrogen-bond acceptors (Lipinski definition) is 3. The normalized spacial score (nSPS) is 10.6. The van der Waals surface area contributed by atoms with Gasteiger partial charge in [-0.15, -0.1) is 0 Å². The van der Waals surface area contributed by atoms with Gasteiger partial charge in [-0.2, -0.15) is 0 Å². The maximum absolute atomic E-state index is 5.32. The van der Waals surface area contributed by atoms with E-state index in [1.807, 2.05) is 19.1 Å². The maximum Gasteiger partial charge on any atom is 0.274 e. The second-order valence-corrected chi connectivity index (χ2v) is 4.43. The van der Waals surface area contributed by atoms with Crippen molar-refractivity contribution in [3.63, 3.8) is 0 Å². The minimum Gasteiger partial charge on any atom is -0.470 e. The summed E-state index contributed by atoms with van der Waals surface area (Å²) in [7, 11) is 0. The fraction of sp³-hybridized carbons (Fsp3) is 0.222. The van der Waals surface area contributed by atoms with E-state index in [0.717, 1.165) is 19.9 Å². The summed E-state index contributed by atoms with van der Waals surface area (Å²) in [5.41, 5.74) is 0.997. The average Bonchev–Trinajstić information content (AvgIpc) is 2.46. The van der Waals surface area contributed by atoms with Crippen molar-refractivity contribution in [3.05, 3.63) is 22.7 Å². The zero-order chi connectivity index (χ0) is 9.26. The number of thiazole rings is 1. The molecule has 0 saturated heterocycles. The highest BCUT2D eigenvalue weighted by atomic mass is 79.9. The lowest BCUT2D eigenvalue weighted by Gasteiger charge is -1.92. The zero-order valence-corrected chi connectivity index (χ0v) is 9.48. The summed E-state index contributed by atoms with van der Waals surface area (Å²) < 4.78 is 7.55. The van der Waals surface area contributed by atoms with Crippen LogP contribution in [0.3, 0.4) is 0 Å². The van der Waals surface area contributed by atoms with Crippen LogP contribution in [-0.4, -0.2) is 11.6 Å². The van der Waals surface area contributed by atoms with Crippen molar-refractivity contribution >= 4 is 37.5 Å². The number of ether oxygens (including phenoxy) is 1. The van der Waals surface area contributed by atoms with Gasteiger partial charge in [0.05, 0.1) is 16.8 Å². The lowest BCUT2D eigenvalue weighted by Crippen LogP contribution is -1.88. The summed E-state index contributed by atoms with van der Waals surface area (Å²) in [5, 5.41) is 0.746. The molecule has 1 heterocycles. The van der Waals surface area contributed by atoms with E-state index >= 15 is 0 Å². The molecule has 1 aromatic heterocycles. The summed E-state index contributed by atoms with van der Waals surface area (Å²) >= 11 is 4.99. The molecule has 68 valence electrons. The molecule has 0 atom stereocenters. The molecule has 0 radical (unpaired) electrons. The molecule has 0 aliphatic rings. The van der Waals surface area contributed by atoms with Crippen molar-refractivity contribution in [2.24, 2.45) is 0 Å². The first-order valence-electron chi connectivity index (χ1n) is 3.98. The summed E-state index contributed by atoms with van der Waals surface area (Å²) in [6.45, 7) is 2.63. The van der Waals surface area contributed by atoms with E-state index < -0.39 is 0 Å². The molecule has 2 rings (SSSR count). The monoisotopic (exact) mass is 257 g/mol. The number of aromatic nitrogens is 1. The summed E-state index contributed by atoms with van der Waals surface area (Å²) in [6, 6.07) is 6.02. The Bertz CT molecular complexity index is 426. The smallest absolute Gasteiger partial charge is 0.274 e. The molecule has 2 nitrogen and oxygen atoms in total. The molecule has 0 amide bonds. The van der Waals surface area contributed by atoms with Crippen LogP contribution < -0.4 is 4.74 Å². The van der Waals surface area contributed by atoms with E-state index in [1.54, 1.807) is 11.3 Å². The highest BCUT2D eigenvalue weighted by Crippen LogP contribution is 2.29. The van der Waals surface area contributed by atoms with Crippen molar-refractivity contribution in [1.82, 2.24) is 4.98 Å². The molecule has 0 aliphatic heterocycles. The molecule has 2 aromatic rings. The van der Waals surface area contributed by atoms with Crippen LogP contribution >= 0.6 is 27.3 Å². The standard InChI is InChI=1S/C9H8BrNOS/c1-2-12-9-11-7-4-3-6(10)5-8(7)13-9/h3-5H,2H2,1H3. The Morgan fingerprint density at radius 2 is 2.38 bits per heavy atom. The number of halogens is 1. The van der Waals surface area contributed by atoms with Gasteiger partial charge >= 0.3 is 0 Å². The first-order chi connectivity index (χ1) is 6.29. The van der Waals surface area contributed by atoms with E-state index in [9.17, 15) is 0 Å². The highest BCUT2D eigenvalue weighted by Gasteiger charge is 2.03. The molecule has 0 N–H and O–H groups in total. The van der Waals surface area contributed by atoms with Gasteiger partial charge in [0.25, 0.3) is 5.19 Å². The summed E-state index contributed by atoms with van der Waals surface area (Å²) in [6.07, 6.45) is 0. The SMILES string of the molecule is CCOc1nc2ccc(Br)cc2s1. The molecule has 0 saturated carbocycles. The molecular weight excluding hydrogens is 250 g/mol. The quantitative estimate of drug-likeness (QED) is 0.822. The topological polar surface area (TPSA) is 22.1 Å².